The van der Waals surface area contributed by atoms with Crippen molar-refractivity contribution in [3.05, 3.63) is 0 Å². The number of nitrogens with two attached hydrogens (primary N) is 1. The first-order chi connectivity index (χ1) is 7.96. The zero-order valence-corrected chi connectivity index (χ0v) is 12.0. The number of carbonyl (C=O) groups excluding carboxylic acids is 2. The van der Waals surface area contributed by atoms with Crippen LogP contribution in [0.4, 0.5) is 9.59 Å². The van der Waals surface area contributed by atoms with Crippen LogP contribution in [0.5, 0.6) is 0 Å². The molecule has 100 valence electrons. The average molecular weight is 360 g/mol. The quantitative estimate of drug-likeness (QED) is 0.167. The third-order valence-corrected chi connectivity index (χ3v) is 4.53. The van der Waals surface area contributed by atoms with Crippen LogP contribution >= 0.6 is 20.2 Å². The van der Waals surface area contributed by atoms with Crippen molar-refractivity contribution in [2.24, 2.45) is 5.73 Å². The Labute approximate surface area is 107 Å². The Morgan fingerprint density at radius 1 is 1.47 bits per heavy atom. The number of hydrogen-bond acceptors (Lipinski definition) is 6. The van der Waals surface area contributed by atoms with E-state index in [0.29, 0.717) is 26.3 Å². The molecule has 1 aliphatic heterocycles. The first-order valence-corrected chi connectivity index (χ1v) is 8.18. The van der Waals surface area contributed by atoms with Crippen LogP contribution in [0.3, 0.4) is 0 Å². The molecule has 1 fully saturated rings. The summed E-state index contributed by atoms with van der Waals surface area (Å²) in [6, 6.07) is 0. The van der Waals surface area contributed by atoms with Crippen LogP contribution in [0.1, 0.15) is 13.8 Å². The van der Waals surface area contributed by atoms with Gasteiger partial charge in [0.15, 0.2) is 0 Å². The van der Waals surface area contributed by atoms with Gasteiger partial charge in [-0.3, -0.25) is 0 Å². The van der Waals surface area contributed by atoms with Gasteiger partial charge in [0, 0.05) is 0 Å². The van der Waals surface area contributed by atoms with E-state index in [2.05, 4.69) is 8.38 Å². The molecule has 1 saturated heterocycles. The number of carbonyl (C=O) groups is 2. The molecule has 0 atom stereocenters. The van der Waals surface area contributed by atoms with Crippen molar-refractivity contribution in [1.82, 2.24) is 5.32 Å². The molecule has 1 aliphatic rings. The summed E-state index contributed by atoms with van der Waals surface area (Å²) in [4.78, 5) is 21.8. The van der Waals surface area contributed by atoms with Crippen LogP contribution in [0.25, 0.3) is 0 Å². The molecular formula is C9H17IN2O5. The van der Waals surface area contributed by atoms with E-state index in [9.17, 15) is 9.59 Å². The molecule has 0 aromatic rings. The molecule has 0 bridgehead atoms. The third kappa shape index (κ3) is 5.61. The SMILES string of the molecule is CC(C)(OCCN)OCCNC(=O)I1OC1=O. The summed E-state index contributed by atoms with van der Waals surface area (Å²) < 4.78 is 14.7. The van der Waals surface area contributed by atoms with Crippen LogP contribution in [0.2, 0.25) is 0 Å². The van der Waals surface area contributed by atoms with Crippen LogP contribution in [0.15, 0.2) is 0 Å². The van der Waals surface area contributed by atoms with Crippen molar-refractivity contribution in [3.63, 3.8) is 0 Å². The summed E-state index contributed by atoms with van der Waals surface area (Å²) in [6.07, 6.45) is 0. The van der Waals surface area contributed by atoms with Gasteiger partial charge in [0.05, 0.1) is 0 Å². The van der Waals surface area contributed by atoms with Crippen molar-refractivity contribution in [2.75, 3.05) is 26.3 Å². The number of amides is 1. The monoisotopic (exact) mass is 360 g/mol. The van der Waals surface area contributed by atoms with Gasteiger partial charge < -0.3 is 0 Å². The standard InChI is InChI=1S/C9H17IN2O5/c1-9(2,15-5-3-11)16-6-4-12-7(13)10-8(14)17-10/h3-6,11H2,1-2H3,(H,12,13). The molecule has 7 nitrogen and oxygen atoms in total. The van der Waals surface area contributed by atoms with Gasteiger partial charge in [0.1, 0.15) is 0 Å². The summed E-state index contributed by atoms with van der Waals surface area (Å²) in [7, 11) is 0. The van der Waals surface area contributed by atoms with Gasteiger partial charge in [-0.1, -0.05) is 0 Å². The molecular weight excluding hydrogens is 343 g/mol. The molecule has 0 aromatic heterocycles. The Balaban J connectivity index is 2.06. The summed E-state index contributed by atoms with van der Waals surface area (Å²) in [5.41, 5.74) is 5.31. The van der Waals surface area contributed by atoms with Gasteiger partial charge in [0.2, 0.25) is 0 Å². The number of ether oxygens (including phenoxy) is 2. The minimum absolute atomic E-state index is 0.275. The van der Waals surface area contributed by atoms with E-state index in [4.69, 9.17) is 15.2 Å². The number of halogens is 1. The van der Waals surface area contributed by atoms with Crippen LogP contribution in [-0.4, -0.2) is 40.0 Å². The summed E-state index contributed by atoms with van der Waals surface area (Å²) in [5.74, 6) is -0.727. The van der Waals surface area contributed by atoms with E-state index in [1.54, 1.807) is 13.8 Å². The molecule has 0 spiro atoms. The first kappa shape index (κ1) is 14.6. The molecule has 0 radical (unpaired) electrons. The minimum atomic E-state index is -2.37. The Bertz CT molecular complexity index is 297. The summed E-state index contributed by atoms with van der Waals surface area (Å²) >= 11 is -2.37. The van der Waals surface area contributed by atoms with E-state index >= 15 is 0 Å². The first-order valence-electron chi connectivity index (χ1n) is 5.14. The fourth-order valence-corrected chi connectivity index (χ4v) is 3.04. The van der Waals surface area contributed by atoms with Crippen molar-refractivity contribution in [2.45, 2.75) is 19.6 Å². The fourth-order valence-electron chi connectivity index (χ4n) is 1.00. The molecule has 0 saturated carbocycles. The van der Waals surface area contributed by atoms with Gasteiger partial charge in [-0.25, -0.2) is 0 Å². The van der Waals surface area contributed by atoms with Gasteiger partial charge >= 0.3 is 107 Å². The molecule has 1 heterocycles. The van der Waals surface area contributed by atoms with Gasteiger partial charge in [-0.05, 0) is 0 Å². The Morgan fingerprint density at radius 3 is 2.59 bits per heavy atom. The number of nitrogens with one attached hydrogen (secondary N) is 1. The van der Waals surface area contributed by atoms with E-state index in [-0.39, 0.29) is 7.89 Å². The molecule has 1 amide bonds. The Kier molecular flexibility index (Phi) is 5.56. The van der Waals surface area contributed by atoms with Crippen LogP contribution in [0, 0.1) is 0 Å². The van der Waals surface area contributed by atoms with Crippen molar-refractivity contribution >= 4 is 28.1 Å². The Morgan fingerprint density at radius 2 is 2.06 bits per heavy atom. The third-order valence-electron chi connectivity index (χ3n) is 1.79. The predicted molar refractivity (Wildman–Crippen MR) is 68.9 cm³/mol. The summed E-state index contributed by atoms with van der Waals surface area (Å²) in [5, 5.41) is 2.58. The Hall–Kier alpha value is -0.450. The van der Waals surface area contributed by atoms with Gasteiger partial charge in [-0.15, -0.1) is 0 Å². The maximum atomic E-state index is 11.2. The second kappa shape index (κ2) is 6.47. The second-order valence-electron chi connectivity index (χ2n) is 3.65. The van der Waals surface area contributed by atoms with Gasteiger partial charge in [0.25, 0.3) is 0 Å². The topological polar surface area (TPSA) is 103 Å². The second-order valence-corrected chi connectivity index (χ2v) is 7.37. The predicted octanol–water partition coefficient (Wildman–Crippen LogP) is 0.996. The van der Waals surface area contributed by atoms with E-state index < -0.39 is 26.0 Å². The summed E-state index contributed by atoms with van der Waals surface area (Å²) in [6.45, 7) is 5.02. The van der Waals surface area contributed by atoms with Crippen molar-refractivity contribution in [1.29, 1.82) is 0 Å². The number of hydrogen-bond donors (Lipinski definition) is 2. The number of rotatable bonds is 8. The zero-order chi connectivity index (χ0) is 12.9. The maximum absolute atomic E-state index is 11.2. The van der Waals surface area contributed by atoms with E-state index in [1.165, 1.54) is 0 Å². The zero-order valence-electron chi connectivity index (χ0n) is 9.82. The molecule has 0 unspecified atom stereocenters. The molecule has 17 heavy (non-hydrogen) atoms. The molecule has 8 heteroatoms. The molecule has 1 rings (SSSR count). The molecule has 0 aromatic carbocycles. The molecule has 3 N–H and O–H groups in total. The average Bonchev–Trinajstić information content (AvgIpc) is 2.99. The van der Waals surface area contributed by atoms with Crippen LogP contribution in [-0.2, 0) is 12.5 Å². The van der Waals surface area contributed by atoms with Crippen molar-refractivity contribution in [3.8, 4) is 0 Å². The van der Waals surface area contributed by atoms with Crippen LogP contribution < -0.4 is 11.1 Å². The molecule has 0 aliphatic carbocycles. The fraction of sp³-hybridized carbons (Fsp3) is 0.778. The van der Waals surface area contributed by atoms with E-state index in [1.807, 2.05) is 0 Å². The van der Waals surface area contributed by atoms with E-state index in [0.717, 1.165) is 0 Å². The van der Waals surface area contributed by atoms with Gasteiger partial charge in [-0.2, -0.15) is 0 Å². The van der Waals surface area contributed by atoms with Crippen molar-refractivity contribution < 1.29 is 22.1 Å². The normalized spacial score (nSPS) is 16.6.